The third-order valence-electron chi connectivity index (χ3n) is 3.30. The molecule has 19 heavy (non-hydrogen) atoms. The normalized spacial score (nSPS) is 11.1. The Hall–Kier alpha value is -0.610. The molecule has 0 amide bonds. The third-order valence-corrected chi connectivity index (χ3v) is 3.54. The quantitative estimate of drug-likeness (QED) is 0.461. The van der Waals surface area contributed by atoms with E-state index in [1.54, 1.807) is 7.11 Å². The molecule has 1 aromatic rings. The number of aromatic nitrogens is 3. The van der Waals surface area contributed by atoms with Crippen LogP contribution >= 0.6 is 11.6 Å². The van der Waals surface area contributed by atoms with E-state index in [1.165, 1.54) is 38.5 Å². The van der Waals surface area contributed by atoms with Gasteiger partial charge in [0.2, 0.25) is 0 Å². The summed E-state index contributed by atoms with van der Waals surface area (Å²) in [6.45, 7) is 3.70. The molecule has 4 nitrogen and oxygen atoms in total. The van der Waals surface area contributed by atoms with Crippen LogP contribution in [0.2, 0.25) is 0 Å². The summed E-state index contributed by atoms with van der Waals surface area (Å²) < 4.78 is 7.22. The molecule has 110 valence electrons. The molecule has 5 heteroatoms. The van der Waals surface area contributed by atoms with Crippen LogP contribution in [-0.4, -0.2) is 28.5 Å². The second-order valence-corrected chi connectivity index (χ2v) is 5.10. The first-order valence-electron chi connectivity index (χ1n) is 7.29. The molecule has 0 unspecified atom stereocenters. The lowest BCUT2D eigenvalue weighted by Crippen LogP contribution is -2.11. The number of hydrogen-bond donors (Lipinski definition) is 0. The Kier molecular flexibility index (Phi) is 8.84. The smallest absolute Gasteiger partial charge is 0.148 e. The number of rotatable bonds is 11. The molecule has 0 fully saturated rings. The monoisotopic (exact) mass is 287 g/mol. The van der Waals surface area contributed by atoms with E-state index < -0.39 is 0 Å². The Balaban J connectivity index is 2.37. The number of aryl methyl sites for hydroxylation is 1. The third kappa shape index (κ3) is 5.91. The number of hydrogen-bond acceptors (Lipinski definition) is 3. The van der Waals surface area contributed by atoms with Gasteiger partial charge >= 0.3 is 0 Å². The van der Waals surface area contributed by atoms with Crippen LogP contribution in [0.4, 0.5) is 0 Å². The average molecular weight is 288 g/mol. The number of methoxy groups -OCH3 is 1. The fourth-order valence-electron chi connectivity index (χ4n) is 2.16. The topological polar surface area (TPSA) is 39.9 Å². The molecule has 1 aromatic heterocycles. The molecule has 0 radical (unpaired) electrons. The van der Waals surface area contributed by atoms with E-state index in [0.29, 0.717) is 12.5 Å². The summed E-state index contributed by atoms with van der Waals surface area (Å²) in [6.07, 6.45) is 8.75. The minimum absolute atomic E-state index is 0.410. The number of alkyl halides is 1. The highest BCUT2D eigenvalue weighted by atomic mass is 35.5. The van der Waals surface area contributed by atoms with Gasteiger partial charge in [0.1, 0.15) is 11.6 Å². The zero-order valence-electron chi connectivity index (χ0n) is 12.2. The lowest BCUT2D eigenvalue weighted by Gasteiger charge is -2.08. The van der Waals surface area contributed by atoms with E-state index in [4.69, 9.17) is 16.3 Å². The number of halogens is 1. The van der Waals surface area contributed by atoms with E-state index in [2.05, 4.69) is 21.7 Å². The van der Waals surface area contributed by atoms with Crippen LogP contribution < -0.4 is 0 Å². The highest BCUT2D eigenvalue weighted by Crippen LogP contribution is 2.11. The van der Waals surface area contributed by atoms with Crippen molar-refractivity contribution >= 4 is 11.6 Å². The Morgan fingerprint density at radius 1 is 1.05 bits per heavy atom. The van der Waals surface area contributed by atoms with Gasteiger partial charge in [-0.1, -0.05) is 39.0 Å². The van der Waals surface area contributed by atoms with Gasteiger partial charge in [0.15, 0.2) is 0 Å². The number of nitrogens with zero attached hydrogens (tertiary/aromatic N) is 3. The van der Waals surface area contributed by atoms with Crippen molar-refractivity contribution in [2.24, 2.45) is 0 Å². The van der Waals surface area contributed by atoms with Crippen molar-refractivity contribution in [3.63, 3.8) is 0 Å². The first kappa shape index (κ1) is 16.4. The maximum Gasteiger partial charge on any atom is 0.148 e. The summed E-state index contributed by atoms with van der Waals surface area (Å²) in [5.74, 6) is 2.30. The van der Waals surface area contributed by atoms with E-state index >= 15 is 0 Å². The van der Waals surface area contributed by atoms with Crippen molar-refractivity contribution in [1.82, 2.24) is 14.8 Å². The molecule has 0 aliphatic heterocycles. The molecule has 0 saturated heterocycles. The number of ether oxygens (including phenoxy) is 1. The minimum atomic E-state index is 0.410. The lowest BCUT2D eigenvalue weighted by molar-refractivity contribution is 0.185. The molecule has 0 saturated carbocycles. The van der Waals surface area contributed by atoms with Gasteiger partial charge in [-0.3, -0.25) is 0 Å². The van der Waals surface area contributed by atoms with Gasteiger partial charge in [0, 0.05) is 20.1 Å². The van der Waals surface area contributed by atoms with Gasteiger partial charge in [0.25, 0.3) is 0 Å². The molecule has 0 aliphatic carbocycles. The van der Waals surface area contributed by atoms with Crippen LogP contribution in [0.3, 0.4) is 0 Å². The maximum absolute atomic E-state index is 5.88. The van der Waals surface area contributed by atoms with Gasteiger partial charge in [0.05, 0.1) is 12.5 Å². The Labute approximate surface area is 121 Å². The highest BCUT2D eigenvalue weighted by molar-refractivity contribution is 6.16. The van der Waals surface area contributed by atoms with E-state index in [-0.39, 0.29) is 0 Å². The Bertz CT molecular complexity index is 341. The SMILES string of the molecule is CCCCCCCCc1nnc(CCl)n1CCOC. The van der Waals surface area contributed by atoms with Crippen LogP contribution in [0.25, 0.3) is 0 Å². The summed E-state index contributed by atoms with van der Waals surface area (Å²) in [5, 5.41) is 8.39. The standard InChI is InChI=1S/C14H26ClN3O/c1-3-4-5-6-7-8-9-13-16-17-14(12-15)18(13)10-11-19-2/h3-12H2,1-2H3. The molecule has 0 aromatic carbocycles. The van der Waals surface area contributed by atoms with Gasteiger partial charge < -0.3 is 9.30 Å². The summed E-state index contributed by atoms with van der Waals surface area (Å²) >= 11 is 5.88. The Morgan fingerprint density at radius 2 is 1.74 bits per heavy atom. The van der Waals surface area contributed by atoms with Crippen LogP contribution in [0.15, 0.2) is 0 Å². The average Bonchev–Trinajstić information content (AvgIpc) is 2.82. The zero-order valence-corrected chi connectivity index (χ0v) is 13.0. The minimum Gasteiger partial charge on any atom is -0.383 e. The van der Waals surface area contributed by atoms with Crippen molar-refractivity contribution in [2.75, 3.05) is 13.7 Å². The van der Waals surface area contributed by atoms with Gasteiger partial charge in [-0.2, -0.15) is 0 Å². The van der Waals surface area contributed by atoms with Crippen LogP contribution in [-0.2, 0) is 23.6 Å². The highest BCUT2D eigenvalue weighted by Gasteiger charge is 2.10. The van der Waals surface area contributed by atoms with E-state index in [1.807, 2.05) is 0 Å². The zero-order chi connectivity index (χ0) is 13.9. The molecule has 1 rings (SSSR count). The molecular formula is C14H26ClN3O. The van der Waals surface area contributed by atoms with Crippen molar-refractivity contribution in [3.05, 3.63) is 11.6 Å². The van der Waals surface area contributed by atoms with E-state index in [0.717, 1.165) is 24.6 Å². The first-order chi connectivity index (χ1) is 9.33. The fraction of sp³-hybridized carbons (Fsp3) is 0.857. The second-order valence-electron chi connectivity index (χ2n) is 4.83. The maximum atomic E-state index is 5.88. The van der Waals surface area contributed by atoms with Crippen LogP contribution in [0.5, 0.6) is 0 Å². The predicted molar refractivity (Wildman–Crippen MR) is 78.5 cm³/mol. The first-order valence-corrected chi connectivity index (χ1v) is 7.82. The molecular weight excluding hydrogens is 262 g/mol. The summed E-state index contributed by atoms with van der Waals surface area (Å²) in [4.78, 5) is 0. The fourth-order valence-corrected chi connectivity index (χ4v) is 2.36. The summed E-state index contributed by atoms with van der Waals surface area (Å²) in [5.41, 5.74) is 0. The van der Waals surface area contributed by atoms with E-state index in [9.17, 15) is 0 Å². The molecule has 0 N–H and O–H groups in total. The lowest BCUT2D eigenvalue weighted by atomic mass is 10.1. The van der Waals surface area contributed by atoms with Crippen molar-refractivity contribution in [2.45, 2.75) is 64.3 Å². The van der Waals surface area contributed by atoms with Gasteiger partial charge in [-0.15, -0.1) is 21.8 Å². The predicted octanol–water partition coefficient (Wildman–Crippen LogP) is 3.57. The Morgan fingerprint density at radius 3 is 2.42 bits per heavy atom. The van der Waals surface area contributed by atoms with Gasteiger partial charge in [-0.05, 0) is 6.42 Å². The summed E-state index contributed by atoms with van der Waals surface area (Å²) in [7, 11) is 1.71. The largest absolute Gasteiger partial charge is 0.383 e. The molecule has 0 atom stereocenters. The summed E-state index contributed by atoms with van der Waals surface area (Å²) in [6, 6.07) is 0. The molecule has 0 bridgehead atoms. The van der Waals surface area contributed by atoms with Crippen LogP contribution in [0, 0.1) is 0 Å². The van der Waals surface area contributed by atoms with Crippen LogP contribution in [0.1, 0.15) is 57.1 Å². The molecule has 0 aliphatic rings. The number of unbranched alkanes of at least 4 members (excludes halogenated alkanes) is 5. The molecule has 1 heterocycles. The van der Waals surface area contributed by atoms with Crippen molar-refractivity contribution in [1.29, 1.82) is 0 Å². The van der Waals surface area contributed by atoms with Crippen molar-refractivity contribution < 1.29 is 4.74 Å². The second kappa shape index (κ2) is 10.2. The molecule has 0 spiro atoms. The van der Waals surface area contributed by atoms with Gasteiger partial charge in [-0.25, -0.2) is 0 Å². The van der Waals surface area contributed by atoms with Crippen molar-refractivity contribution in [3.8, 4) is 0 Å².